The maximum absolute atomic E-state index is 10.8. The summed E-state index contributed by atoms with van der Waals surface area (Å²) >= 11 is 0. The van der Waals surface area contributed by atoms with Crippen molar-refractivity contribution < 1.29 is 9.84 Å². The van der Waals surface area contributed by atoms with E-state index in [0.29, 0.717) is 12.5 Å². The average Bonchev–Trinajstić information content (AvgIpc) is 3.16. The number of para-hydroxylation sites is 2. The highest BCUT2D eigenvalue weighted by molar-refractivity contribution is 5.88. The molecule has 1 aromatic heterocycles. The highest BCUT2D eigenvalue weighted by Crippen LogP contribution is 2.31. The number of benzene rings is 3. The van der Waals surface area contributed by atoms with Crippen LogP contribution in [0.15, 0.2) is 78.9 Å². The van der Waals surface area contributed by atoms with Crippen LogP contribution >= 0.6 is 0 Å². The van der Waals surface area contributed by atoms with Crippen molar-refractivity contribution in [3.63, 3.8) is 0 Å². The third-order valence-corrected chi connectivity index (χ3v) is 5.89. The van der Waals surface area contributed by atoms with E-state index in [2.05, 4.69) is 41.0 Å². The molecule has 2 unspecified atom stereocenters. The summed E-state index contributed by atoms with van der Waals surface area (Å²) in [6.45, 7) is 0.714. The van der Waals surface area contributed by atoms with Crippen molar-refractivity contribution in [3.05, 3.63) is 84.7 Å². The molecule has 1 aliphatic carbocycles. The summed E-state index contributed by atoms with van der Waals surface area (Å²) in [4.78, 5) is 4.93. The van der Waals surface area contributed by atoms with Crippen LogP contribution in [0.25, 0.3) is 21.8 Å². The molecular weight excluding hydrogens is 372 g/mol. The number of aliphatic hydroxyl groups is 1. The molecule has 3 aromatic carbocycles. The van der Waals surface area contributed by atoms with Gasteiger partial charge in [-0.25, -0.2) is 4.98 Å². The molecule has 152 valence electrons. The van der Waals surface area contributed by atoms with Crippen molar-refractivity contribution in [1.29, 1.82) is 0 Å². The van der Waals surface area contributed by atoms with Crippen LogP contribution in [0.4, 0.5) is 0 Å². The molecule has 4 aromatic rings. The van der Waals surface area contributed by atoms with Crippen LogP contribution in [0.5, 0.6) is 5.75 Å². The fourth-order valence-electron chi connectivity index (χ4n) is 4.40. The van der Waals surface area contributed by atoms with Gasteiger partial charge in [-0.2, -0.15) is 0 Å². The number of imidazole rings is 1. The minimum Gasteiger partial charge on any atom is -0.490 e. The molecule has 1 aliphatic rings. The predicted octanol–water partition coefficient (Wildman–Crippen LogP) is 5.45. The monoisotopic (exact) mass is 398 g/mol. The lowest BCUT2D eigenvalue weighted by Crippen LogP contribution is -2.25. The fourth-order valence-corrected chi connectivity index (χ4v) is 4.40. The molecule has 1 heterocycles. The van der Waals surface area contributed by atoms with Gasteiger partial charge in [0.05, 0.1) is 17.6 Å². The highest BCUT2D eigenvalue weighted by Gasteiger charge is 2.22. The lowest BCUT2D eigenvalue weighted by atomic mass is 9.93. The van der Waals surface area contributed by atoms with Crippen molar-refractivity contribution in [3.8, 4) is 5.75 Å². The van der Waals surface area contributed by atoms with Crippen molar-refractivity contribution in [2.45, 2.75) is 37.8 Å². The molecule has 0 fully saturated rings. The summed E-state index contributed by atoms with van der Waals surface area (Å²) in [6, 6.07) is 22.4. The first-order valence-electron chi connectivity index (χ1n) is 10.7. The van der Waals surface area contributed by atoms with E-state index in [4.69, 9.17) is 9.72 Å². The van der Waals surface area contributed by atoms with Crippen LogP contribution in [0.2, 0.25) is 0 Å². The van der Waals surface area contributed by atoms with E-state index in [0.717, 1.165) is 52.6 Å². The van der Waals surface area contributed by atoms with Gasteiger partial charge < -0.3 is 14.4 Å². The standard InChI is InChI=1S/C26H26N2O2/c29-21(18-30-25-16-8-12-19-9-4-5-13-22(19)25)17-28-24-15-7-6-14-23(24)27-26(28)20-10-2-1-3-11-20/h1-2,4-9,12-16,20-21,29H,3,10-11,17-18H2. The molecule has 30 heavy (non-hydrogen) atoms. The number of nitrogens with zero attached hydrogens (tertiary/aromatic N) is 2. The van der Waals surface area contributed by atoms with E-state index in [1.807, 2.05) is 42.5 Å². The molecule has 1 N–H and O–H groups in total. The zero-order valence-corrected chi connectivity index (χ0v) is 16.9. The van der Waals surface area contributed by atoms with Gasteiger partial charge in [-0.15, -0.1) is 0 Å². The second-order valence-electron chi connectivity index (χ2n) is 7.99. The van der Waals surface area contributed by atoms with Gasteiger partial charge >= 0.3 is 0 Å². The van der Waals surface area contributed by atoms with Gasteiger partial charge in [0.15, 0.2) is 0 Å². The zero-order chi connectivity index (χ0) is 20.3. The Morgan fingerprint density at radius 3 is 2.73 bits per heavy atom. The van der Waals surface area contributed by atoms with Crippen molar-refractivity contribution in [2.24, 2.45) is 0 Å². The number of aromatic nitrogens is 2. The number of fused-ring (bicyclic) bond motifs is 2. The molecule has 0 amide bonds. The lowest BCUT2D eigenvalue weighted by Gasteiger charge is -2.21. The Morgan fingerprint density at radius 1 is 1.00 bits per heavy atom. The smallest absolute Gasteiger partial charge is 0.127 e. The van der Waals surface area contributed by atoms with E-state index >= 15 is 0 Å². The van der Waals surface area contributed by atoms with Gasteiger partial charge in [0.1, 0.15) is 24.3 Å². The van der Waals surface area contributed by atoms with Gasteiger partial charge in [0.25, 0.3) is 0 Å². The number of hydrogen-bond acceptors (Lipinski definition) is 3. The maximum Gasteiger partial charge on any atom is 0.127 e. The molecule has 0 saturated carbocycles. The van der Waals surface area contributed by atoms with Gasteiger partial charge in [-0.05, 0) is 42.8 Å². The molecule has 4 heteroatoms. The van der Waals surface area contributed by atoms with Gasteiger partial charge in [-0.3, -0.25) is 0 Å². The van der Waals surface area contributed by atoms with Crippen LogP contribution in [0, 0.1) is 0 Å². The summed E-state index contributed by atoms with van der Waals surface area (Å²) in [5.41, 5.74) is 2.07. The molecule has 5 rings (SSSR count). The van der Waals surface area contributed by atoms with Crippen LogP contribution in [0.1, 0.15) is 31.0 Å². The average molecular weight is 399 g/mol. The highest BCUT2D eigenvalue weighted by atomic mass is 16.5. The number of aliphatic hydroxyl groups excluding tert-OH is 1. The number of allylic oxidation sites excluding steroid dienone is 2. The van der Waals surface area contributed by atoms with Gasteiger partial charge in [0, 0.05) is 11.3 Å². The Morgan fingerprint density at radius 2 is 1.83 bits per heavy atom. The Kier molecular flexibility index (Phi) is 5.24. The normalized spacial score (nSPS) is 17.4. The Bertz CT molecular complexity index is 1190. The van der Waals surface area contributed by atoms with E-state index in [1.165, 1.54) is 0 Å². The molecule has 0 spiro atoms. The largest absolute Gasteiger partial charge is 0.490 e. The first-order chi connectivity index (χ1) is 14.8. The molecule has 0 aliphatic heterocycles. The van der Waals surface area contributed by atoms with Crippen LogP contribution in [0.3, 0.4) is 0 Å². The van der Waals surface area contributed by atoms with E-state index in [9.17, 15) is 5.11 Å². The molecule has 0 radical (unpaired) electrons. The first kappa shape index (κ1) is 18.9. The Balaban J connectivity index is 1.37. The minimum atomic E-state index is -0.626. The first-order valence-corrected chi connectivity index (χ1v) is 10.7. The summed E-state index contributed by atoms with van der Waals surface area (Å²) in [6.07, 6.45) is 7.06. The molecule has 0 saturated heterocycles. The topological polar surface area (TPSA) is 47.3 Å². The Hall–Kier alpha value is -3.11. The van der Waals surface area contributed by atoms with E-state index in [-0.39, 0.29) is 6.61 Å². The maximum atomic E-state index is 10.8. The second-order valence-corrected chi connectivity index (χ2v) is 7.99. The number of ether oxygens (including phenoxy) is 1. The van der Waals surface area contributed by atoms with E-state index < -0.39 is 6.10 Å². The van der Waals surface area contributed by atoms with Crippen molar-refractivity contribution in [2.75, 3.05) is 6.61 Å². The van der Waals surface area contributed by atoms with Crippen LogP contribution in [-0.2, 0) is 6.54 Å². The quantitative estimate of drug-likeness (QED) is 0.439. The number of rotatable bonds is 6. The minimum absolute atomic E-state index is 0.241. The lowest BCUT2D eigenvalue weighted by molar-refractivity contribution is 0.0931. The summed E-state index contributed by atoms with van der Waals surface area (Å²) in [5.74, 6) is 2.28. The van der Waals surface area contributed by atoms with Crippen molar-refractivity contribution >= 4 is 21.8 Å². The summed E-state index contributed by atoms with van der Waals surface area (Å²) < 4.78 is 8.22. The van der Waals surface area contributed by atoms with Gasteiger partial charge in [0.2, 0.25) is 0 Å². The predicted molar refractivity (Wildman–Crippen MR) is 121 cm³/mol. The third kappa shape index (κ3) is 3.71. The fraction of sp³-hybridized carbons (Fsp3) is 0.269. The van der Waals surface area contributed by atoms with Crippen LogP contribution < -0.4 is 4.74 Å². The van der Waals surface area contributed by atoms with E-state index in [1.54, 1.807) is 0 Å². The molecular formula is C26H26N2O2. The third-order valence-electron chi connectivity index (χ3n) is 5.89. The zero-order valence-electron chi connectivity index (χ0n) is 16.9. The number of hydrogen-bond donors (Lipinski definition) is 1. The van der Waals surface area contributed by atoms with Crippen molar-refractivity contribution in [1.82, 2.24) is 9.55 Å². The molecule has 4 nitrogen and oxygen atoms in total. The SMILES string of the molecule is OC(COc1cccc2ccccc12)Cn1c(C2CC=CCC2)nc2ccccc21. The molecule has 0 bridgehead atoms. The Labute approximate surface area is 176 Å². The van der Waals surface area contributed by atoms with Crippen LogP contribution in [-0.4, -0.2) is 27.4 Å². The molecule has 2 atom stereocenters. The second kappa shape index (κ2) is 8.33. The summed E-state index contributed by atoms with van der Waals surface area (Å²) in [5, 5.41) is 13.1. The van der Waals surface area contributed by atoms with Gasteiger partial charge in [-0.1, -0.05) is 60.7 Å². The summed E-state index contributed by atoms with van der Waals surface area (Å²) in [7, 11) is 0.